The monoisotopic (exact) mass is 1850 g/mol. The lowest BCUT2D eigenvalue weighted by molar-refractivity contribution is -0.107. The second kappa shape index (κ2) is 39.6. The molecule has 15 atom stereocenters. The van der Waals surface area contributed by atoms with Crippen molar-refractivity contribution in [2.24, 2.45) is 53.3 Å². The van der Waals surface area contributed by atoms with Gasteiger partial charge in [0.05, 0.1) is 54.3 Å². The van der Waals surface area contributed by atoms with Crippen LogP contribution in [0.3, 0.4) is 0 Å². The zero-order valence-electron chi connectivity index (χ0n) is 82.5. The van der Waals surface area contributed by atoms with E-state index in [0.29, 0.717) is 68.9 Å². The summed E-state index contributed by atoms with van der Waals surface area (Å²) >= 11 is 0. The van der Waals surface area contributed by atoms with Gasteiger partial charge in [0.2, 0.25) is 13.6 Å². The molecule has 0 unspecified atom stereocenters. The summed E-state index contributed by atoms with van der Waals surface area (Å²) in [5, 5.41) is 73.0. The molecule has 0 bridgehead atoms. The van der Waals surface area contributed by atoms with E-state index in [9.17, 15) is 54.9 Å². The van der Waals surface area contributed by atoms with Crippen molar-refractivity contribution in [3.05, 3.63) is 274 Å². The van der Waals surface area contributed by atoms with Gasteiger partial charge in [-0.25, -0.2) is 4.79 Å². The minimum atomic E-state index is -1.37. The van der Waals surface area contributed by atoms with Crippen molar-refractivity contribution >= 4 is 23.3 Å². The number of rotatable bonds is 11. The molecule has 11 aromatic carbocycles. The number of ether oxygens (including phenoxy) is 11. The van der Waals surface area contributed by atoms with Crippen molar-refractivity contribution in [3.63, 3.8) is 0 Å². The molecule has 136 heavy (non-hydrogen) atoms. The first-order valence-electron chi connectivity index (χ1n) is 46.5. The Kier molecular flexibility index (Phi) is 28.8. The van der Waals surface area contributed by atoms with Gasteiger partial charge in [-0.3, -0.25) is 14.4 Å². The summed E-state index contributed by atoms with van der Waals surface area (Å²) < 4.78 is 61.8. The third-order valence-electron chi connectivity index (χ3n) is 30.5. The first-order chi connectivity index (χ1) is 64.6. The lowest BCUT2D eigenvalue weighted by Crippen LogP contribution is -2.44. The number of phenolic OH excluding ortho intramolecular Hbond substituents is 5. The largest absolute Gasteiger partial charge is 0.508 e. The topological polar surface area (TPSA) is 311 Å². The van der Waals surface area contributed by atoms with Gasteiger partial charge in [0.1, 0.15) is 34.3 Å². The van der Waals surface area contributed by atoms with E-state index in [1.54, 1.807) is 90.0 Å². The highest BCUT2D eigenvalue weighted by molar-refractivity contribution is 6.03. The number of aliphatic hydroxyl groups is 2. The van der Waals surface area contributed by atoms with Crippen molar-refractivity contribution in [2.75, 3.05) is 56.2 Å². The molecule has 2 heterocycles. The van der Waals surface area contributed by atoms with Gasteiger partial charge in [0.15, 0.2) is 80.9 Å². The Balaban J connectivity index is 0.000000137. The second-order valence-electron chi connectivity index (χ2n) is 38.2. The molecule has 5 aliphatic carbocycles. The number of Topliss-reactive ketones (excluding diaryl/α,β-unsaturated/α-hetero) is 3. The average Bonchev–Trinajstić information content (AvgIpc) is 1.54. The number of ketones is 3. The van der Waals surface area contributed by atoms with Gasteiger partial charge in [0, 0.05) is 68.9 Å². The molecule has 0 radical (unpaired) electrons. The van der Waals surface area contributed by atoms with Crippen LogP contribution in [0.15, 0.2) is 146 Å². The Hall–Kier alpha value is -13.2. The van der Waals surface area contributed by atoms with Crippen molar-refractivity contribution in [1.29, 1.82) is 0 Å². The number of carbonyl (C=O) groups is 4. The van der Waals surface area contributed by atoms with Crippen LogP contribution in [0, 0.1) is 116 Å². The van der Waals surface area contributed by atoms with E-state index in [0.717, 1.165) is 146 Å². The molecule has 7 N–H and O–H groups in total. The minimum Gasteiger partial charge on any atom is -0.508 e. The SMILES string of the molecule is COc1cc([C@@H]2c3cc(C)c(O)cc3C(=O)[C@@H](C)[C@H]2C)ccc1O.COc1cc([C@@H]2c3cc(C)c(O)cc3C(=O)[C@H](C)[C@H]2C)ccc1O.COc1cc2c(c(C)c1C)-c1c(cc3c(c1C)OCO3)C[C@H](C)[C@@](C)(O)[C@H]2OC(=O)c1ccccc1.COc1cc2c(c(C)c1C)-c1c(cc3c(c1C)OCO3)C[C@H](C)[C@H](C)[C@H]2O.COc1ccc([C@@H]2c3cc(C)c(O)cc3C(=O)[C@@H](C)[C@H]2C)cc1OC. The Morgan fingerprint density at radius 2 is 0.735 bits per heavy atom. The standard InChI is InChI=1S/C30H32O6.C23H28O4.C21H24O4.2C20H22O4/c1-16-12-21-13-24-27(35-15-34-24)19(4)25(21)26-18(3)17(2)23(33-6)14-22(26)28(30(16,5)32)36-29(31)20-10-8-7-9-11-20;1-11-7-16-8-19-23(27-10-26-19)15(5)20(16)21-14(4)13(3)18(25-6)9-17(21)22(24)12(11)2;1-11-8-15-16(10-17(11)22)21(23)13(3)12(2)20(15)14-6-7-18(24-4)19(9-14)25-5;2*1-10-7-14-15(9-17(10)22)20(23)12(3)11(2)19(14)13-5-6-16(21)18(8-13)24-4/h7-11,13-14,16,28,32H,12,15H2,1-6H3;8-9,11-12,22,24H,7,10H2,1-6H3;6-10,12-13,20,22H,1-5H3;2*5-9,11-12,19,21-22H,1-4H3/t16-,28-,30+;11-,12-,22+;12-,13+,20-;11-,12+,19-;11-,12-,19-/m00111/s1. The van der Waals surface area contributed by atoms with E-state index >= 15 is 0 Å². The van der Waals surface area contributed by atoms with E-state index in [1.165, 1.54) is 25.3 Å². The summed E-state index contributed by atoms with van der Waals surface area (Å²) in [4.78, 5) is 51.4. The molecule has 716 valence electrons. The van der Waals surface area contributed by atoms with Crippen LogP contribution in [0.1, 0.15) is 246 Å². The fraction of sp³-hybridized carbons (Fsp3) is 0.386. The summed E-state index contributed by atoms with van der Waals surface area (Å²) in [6, 6.07) is 44.0. The van der Waals surface area contributed by atoms with Gasteiger partial charge in [-0.05, 0) is 320 Å². The van der Waals surface area contributed by atoms with E-state index in [2.05, 4.69) is 61.5 Å². The molecule has 11 aromatic rings. The second-order valence-corrected chi connectivity index (χ2v) is 38.2. The molecule has 0 fully saturated rings. The lowest BCUT2D eigenvalue weighted by Gasteiger charge is -2.41. The summed E-state index contributed by atoms with van der Waals surface area (Å²) in [5.74, 6) is 7.38. The van der Waals surface area contributed by atoms with Crippen LogP contribution in [0.4, 0.5) is 0 Å². The van der Waals surface area contributed by atoms with Crippen molar-refractivity contribution in [1.82, 2.24) is 0 Å². The highest BCUT2D eigenvalue weighted by Crippen LogP contribution is 2.57. The van der Waals surface area contributed by atoms with Crippen LogP contribution in [-0.2, 0) is 17.6 Å². The zero-order chi connectivity index (χ0) is 98.7. The third kappa shape index (κ3) is 18.1. The maximum atomic E-state index is 13.3. The van der Waals surface area contributed by atoms with Gasteiger partial charge in [0.25, 0.3) is 0 Å². The van der Waals surface area contributed by atoms with Gasteiger partial charge in [-0.1, -0.05) is 117 Å². The Labute approximate surface area is 797 Å². The Morgan fingerprint density at radius 1 is 0.368 bits per heavy atom. The van der Waals surface area contributed by atoms with Crippen molar-refractivity contribution < 1.29 is 107 Å². The third-order valence-corrected chi connectivity index (χ3v) is 30.5. The minimum absolute atomic E-state index is 0.00139. The van der Waals surface area contributed by atoms with Crippen molar-refractivity contribution in [2.45, 2.75) is 180 Å². The molecule has 22 nitrogen and oxygen atoms in total. The number of carbonyl (C=O) groups excluding carboxylic acids is 4. The molecule has 0 amide bonds. The first kappa shape index (κ1) is 98.8. The van der Waals surface area contributed by atoms with Crippen LogP contribution >= 0.6 is 0 Å². The fourth-order valence-electron chi connectivity index (χ4n) is 21.1. The maximum Gasteiger partial charge on any atom is 0.338 e. The molecule has 18 rings (SSSR count). The number of aryl methyl sites for hydroxylation is 3. The van der Waals surface area contributed by atoms with Crippen LogP contribution < -0.4 is 47.4 Å². The highest BCUT2D eigenvalue weighted by Gasteiger charge is 2.48. The number of methoxy groups -OCH3 is 6. The number of hydrogen-bond donors (Lipinski definition) is 7. The highest BCUT2D eigenvalue weighted by atomic mass is 16.7. The fourth-order valence-corrected chi connectivity index (χ4v) is 21.1. The average molecular weight is 1850 g/mol. The molecule has 0 spiro atoms. The van der Waals surface area contributed by atoms with E-state index < -0.39 is 23.8 Å². The Bertz CT molecular complexity index is 6340. The number of phenols is 5. The normalized spacial score (nSPS) is 22.7. The molecule has 0 saturated carbocycles. The number of benzene rings is 11. The van der Waals surface area contributed by atoms with Crippen LogP contribution in [-0.4, -0.2) is 121 Å². The van der Waals surface area contributed by atoms with Crippen LogP contribution in [0.5, 0.6) is 86.2 Å². The van der Waals surface area contributed by atoms with Crippen LogP contribution in [0.2, 0.25) is 0 Å². The van der Waals surface area contributed by atoms with Gasteiger partial charge >= 0.3 is 5.97 Å². The zero-order valence-corrected chi connectivity index (χ0v) is 82.5. The molecular formula is C114H128O22. The molecular weight excluding hydrogens is 1720 g/mol. The van der Waals surface area contributed by atoms with E-state index in [4.69, 9.17) is 52.1 Å². The molecule has 22 heteroatoms. The van der Waals surface area contributed by atoms with Crippen LogP contribution in [0.25, 0.3) is 22.3 Å². The van der Waals surface area contributed by atoms with Gasteiger partial charge in [-0.2, -0.15) is 0 Å². The number of aromatic hydroxyl groups is 5. The first-order valence-corrected chi connectivity index (χ1v) is 46.5. The molecule has 0 saturated heterocycles. The summed E-state index contributed by atoms with van der Waals surface area (Å²) in [5.41, 5.74) is 23.5. The van der Waals surface area contributed by atoms with Gasteiger partial charge < -0.3 is 87.9 Å². The lowest BCUT2D eigenvalue weighted by atomic mass is 9.67. The maximum absolute atomic E-state index is 13.3. The Morgan fingerprint density at radius 3 is 1.13 bits per heavy atom. The van der Waals surface area contributed by atoms with E-state index in [1.807, 2.05) is 154 Å². The van der Waals surface area contributed by atoms with E-state index in [-0.39, 0.29) is 125 Å². The van der Waals surface area contributed by atoms with Gasteiger partial charge in [-0.15, -0.1) is 0 Å². The predicted octanol–water partition coefficient (Wildman–Crippen LogP) is 23.1. The summed E-state index contributed by atoms with van der Waals surface area (Å²) in [6.07, 6.45) is 0.000532. The molecule has 2 aliphatic heterocycles. The van der Waals surface area contributed by atoms with Crippen molar-refractivity contribution in [3.8, 4) is 108 Å². The molecule has 7 aliphatic rings. The number of aliphatic hydroxyl groups excluding tert-OH is 1. The molecule has 0 aromatic heterocycles. The number of esters is 1. The smallest absolute Gasteiger partial charge is 0.338 e. The number of fused-ring (bicyclic) bond motifs is 11. The summed E-state index contributed by atoms with van der Waals surface area (Å²) in [6.45, 7) is 38.5. The number of hydrogen-bond acceptors (Lipinski definition) is 22. The summed E-state index contributed by atoms with van der Waals surface area (Å²) in [7, 11) is 9.58. The quantitative estimate of drug-likeness (QED) is 0.0592. The predicted molar refractivity (Wildman–Crippen MR) is 524 cm³/mol.